The summed E-state index contributed by atoms with van der Waals surface area (Å²) in [6.45, 7) is 1.64. The van der Waals surface area contributed by atoms with Gasteiger partial charge >= 0.3 is 0 Å². The topological polar surface area (TPSA) is 17.1 Å². The van der Waals surface area contributed by atoms with Gasteiger partial charge in [0.15, 0.2) is 0 Å². The first-order chi connectivity index (χ1) is 7.75. The van der Waals surface area contributed by atoms with E-state index in [1.54, 1.807) is 6.92 Å². The molecule has 1 aromatic carbocycles. The molecular formula is C15H18O. The molecule has 0 saturated carbocycles. The zero-order valence-corrected chi connectivity index (χ0v) is 9.83. The minimum Gasteiger partial charge on any atom is -0.300 e. The van der Waals surface area contributed by atoms with Crippen LogP contribution in [-0.4, -0.2) is 5.78 Å². The van der Waals surface area contributed by atoms with E-state index in [1.807, 2.05) is 0 Å². The molecule has 1 nitrogen and oxygen atoms in total. The summed E-state index contributed by atoms with van der Waals surface area (Å²) in [6.07, 6.45) is 9.49. The summed E-state index contributed by atoms with van der Waals surface area (Å²) in [5.41, 5.74) is 4.29. The smallest absolute Gasteiger partial charge is 0.130 e. The third kappa shape index (κ3) is 2.82. The SMILES string of the molecule is CC(=O)CC/C=C/c1ccc2c(c1)CCC2. The van der Waals surface area contributed by atoms with Crippen molar-refractivity contribution in [3.05, 3.63) is 41.0 Å². The zero-order chi connectivity index (χ0) is 11.4. The maximum absolute atomic E-state index is 10.8. The van der Waals surface area contributed by atoms with Crippen molar-refractivity contribution in [2.24, 2.45) is 0 Å². The number of allylic oxidation sites excluding steroid dienone is 1. The van der Waals surface area contributed by atoms with E-state index >= 15 is 0 Å². The quantitative estimate of drug-likeness (QED) is 0.749. The van der Waals surface area contributed by atoms with Crippen molar-refractivity contribution in [2.45, 2.75) is 39.0 Å². The summed E-state index contributed by atoms with van der Waals surface area (Å²) < 4.78 is 0. The number of hydrogen-bond acceptors (Lipinski definition) is 1. The number of Topliss-reactive ketones (excluding diaryl/α,β-unsaturated/α-hetero) is 1. The predicted octanol–water partition coefficient (Wildman–Crippen LogP) is 3.56. The van der Waals surface area contributed by atoms with Crippen molar-refractivity contribution in [2.75, 3.05) is 0 Å². The van der Waals surface area contributed by atoms with Gasteiger partial charge in [0.05, 0.1) is 0 Å². The zero-order valence-electron chi connectivity index (χ0n) is 9.83. The molecule has 0 N–H and O–H groups in total. The van der Waals surface area contributed by atoms with Crippen LogP contribution in [-0.2, 0) is 17.6 Å². The highest BCUT2D eigenvalue weighted by atomic mass is 16.1. The fraction of sp³-hybridized carbons (Fsp3) is 0.400. The Bertz CT molecular complexity index is 415. The average Bonchev–Trinajstić information content (AvgIpc) is 2.71. The third-order valence-corrected chi connectivity index (χ3v) is 3.10. The molecule has 0 unspecified atom stereocenters. The Balaban J connectivity index is 1.97. The molecule has 0 spiro atoms. The van der Waals surface area contributed by atoms with Gasteiger partial charge < -0.3 is 4.79 Å². The normalized spacial score (nSPS) is 14.3. The van der Waals surface area contributed by atoms with Crippen molar-refractivity contribution in [1.29, 1.82) is 0 Å². The van der Waals surface area contributed by atoms with Crippen LogP contribution in [0.2, 0.25) is 0 Å². The summed E-state index contributed by atoms with van der Waals surface area (Å²) in [5.74, 6) is 0.263. The highest BCUT2D eigenvalue weighted by Crippen LogP contribution is 2.23. The van der Waals surface area contributed by atoms with Crippen LogP contribution < -0.4 is 0 Å². The monoisotopic (exact) mass is 214 g/mol. The largest absolute Gasteiger partial charge is 0.300 e. The molecule has 0 aromatic heterocycles. The molecule has 1 aliphatic carbocycles. The Morgan fingerprint density at radius 2 is 2.12 bits per heavy atom. The minimum absolute atomic E-state index is 0.263. The van der Waals surface area contributed by atoms with Crippen LogP contribution in [0.4, 0.5) is 0 Å². The van der Waals surface area contributed by atoms with E-state index in [-0.39, 0.29) is 5.78 Å². The second kappa shape index (κ2) is 5.11. The van der Waals surface area contributed by atoms with E-state index in [2.05, 4.69) is 30.4 Å². The van der Waals surface area contributed by atoms with Crippen LogP contribution in [0.5, 0.6) is 0 Å². The second-order valence-electron chi connectivity index (χ2n) is 4.52. The lowest BCUT2D eigenvalue weighted by molar-refractivity contribution is -0.116. The molecule has 2 rings (SSSR count). The number of ketones is 1. The average molecular weight is 214 g/mol. The van der Waals surface area contributed by atoms with Crippen molar-refractivity contribution in [3.8, 4) is 0 Å². The van der Waals surface area contributed by atoms with Gasteiger partial charge in [-0.1, -0.05) is 30.4 Å². The maximum Gasteiger partial charge on any atom is 0.130 e. The van der Waals surface area contributed by atoms with E-state index in [0.717, 1.165) is 6.42 Å². The molecule has 0 fully saturated rings. The Hall–Kier alpha value is -1.37. The molecule has 0 radical (unpaired) electrons. The number of rotatable bonds is 4. The fourth-order valence-corrected chi connectivity index (χ4v) is 2.20. The van der Waals surface area contributed by atoms with E-state index in [4.69, 9.17) is 0 Å². The fourth-order valence-electron chi connectivity index (χ4n) is 2.20. The lowest BCUT2D eigenvalue weighted by Crippen LogP contribution is -1.86. The molecule has 16 heavy (non-hydrogen) atoms. The Labute approximate surface area is 97.2 Å². The molecule has 0 heterocycles. The molecule has 1 aliphatic rings. The van der Waals surface area contributed by atoms with Gasteiger partial charge in [-0.25, -0.2) is 0 Å². The number of hydrogen-bond donors (Lipinski definition) is 0. The number of fused-ring (bicyclic) bond motifs is 1. The molecule has 0 amide bonds. The molecule has 0 bridgehead atoms. The number of carbonyl (C=O) groups excluding carboxylic acids is 1. The van der Waals surface area contributed by atoms with Gasteiger partial charge in [0.1, 0.15) is 5.78 Å². The molecular weight excluding hydrogens is 196 g/mol. The van der Waals surface area contributed by atoms with E-state index in [0.29, 0.717) is 6.42 Å². The van der Waals surface area contributed by atoms with E-state index < -0.39 is 0 Å². The van der Waals surface area contributed by atoms with Crippen LogP contribution in [0.3, 0.4) is 0 Å². The summed E-state index contributed by atoms with van der Waals surface area (Å²) >= 11 is 0. The van der Waals surface area contributed by atoms with Crippen LogP contribution >= 0.6 is 0 Å². The Morgan fingerprint density at radius 3 is 2.94 bits per heavy atom. The van der Waals surface area contributed by atoms with Crippen LogP contribution in [0.15, 0.2) is 24.3 Å². The summed E-state index contributed by atoms with van der Waals surface area (Å²) in [4.78, 5) is 10.8. The summed E-state index contributed by atoms with van der Waals surface area (Å²) in [5, 5.41) is 0. The maximum atomic E-state index is 10.8. The van der Waals surface area contributed by atoms with Crippen LogP contribution in [0.1, 0.15) is 42.9 Å². The van der Waals surface area contributed by atoms with Crippen LogP contribution in [0.25, 0.3) is 6.08 Å². The molecule has 1 heteroatoms. The molecule has 84 valence electrons. The first-order valence-corrected chi connectivity index (χ1v) is 6.03. The molecule has 1 aromatic rings. The summed E-state index contributed by atoms with van der Waals surface area (Å²) in [7, 11) is 0. The number of aryl methyl sites for hydroxylation is 2. The highest BCUT2D eigenvalue weighted by Gasteiger charge is 2.09. The second-order valence-corrected chi connectivity index (χ2v) is 4.52. The van der Waals surface area contributed by atoms with Gasteiger partial charge in [-0.15, -0.1) is 0 Å². The minimum atomic E-state index is 0.263. The van der Waals surface area contributed by atoms with Gasteiger partial charge in [0, 0.05) is 6.42 Å². The first-order valence-electron chi connectivity index (χ1n) is 6.03. The Morgan fingerprint density at radius 1 is 1.31 bits per heavy atom. The van der Waals surface area contributed by atoms with Crippen molar-refractivity contribution in [3.63, 3.8) is 0 Å². The molecule has 0 atom stereocenters. The molecule has 0 aliphatic heterocycles. The lowest BCUT2D eigenvalue weighted by Gasteiger charge is -2.00. The van der Waals surface area contributed by atoms with Gasteiger partial charge in [-0.3, -0.25) is 0 Å². The number of carbonyl (C=O) groups is 1. The predicted molar refractivity (Wildman–Crippen MR) is 67.4 cm³/mol. The van der Waals surface area contributed by atoms with E-state index in [9.17, 15) is 4.79 Å². The van der Waals surface area contributed by atoms with Crippen molar-refractivity contribution in [1.82, 2.24) is 0 Å². The van der Waals surface area contributed by atoms with Crippen LogP contribution in [0, 0.1) is 0 Å². The van der Waals surface area contributed by atoms with Gasteiger partial charge in [-0.2, -0.15) is 0 Å². The number of benzene rings is 1. The molecule has 0 saturated heterocycles. The first kappa shape index (κ1) is 11.1. The van der Waals surface area contributed by atoms with Crippen molar-refractivity contribution >= 4 is 11.9 Å². The standard InChI is InChI=1S/C15H18O/c1-12(16)5-2-3-6-13-9-10-14-7-4-8-15(14)11-13/h3,6,9-11H,2,4-5,7-8H2,1H3/b6-3+. The Kier molecular flexibility index (Phi) is 3.55. The lowest BCUT2D eigenvalue weighted by atomic mass is 10.1. The van der Waals surface area contributed by atoms with Gasteiger partial charge in [0.25, 0.3) is 0 Å². The van der Waals surface area contributed by atoms with Gasteiger partial charge in [-0.05, 0) is 49.3 Å². The van der Waals surface area contributed by atoms with Gasteiger partial charge in [0.2, 0.25) is 0 Å². The summed E-state index contributed by atoms with van der Waals surface area (Å²) in [6, 6.07) is 6.70. The van der Waals surface area contributed by atoms with Crippen molar-refractivity contribution < 1.29 is 4.79 Å². The highest BCUT2D eigenvalue weighted by molar-refractivity contribution is 5.75. The van der Waals surface area contributed by atoms with E-state index in [1.165, 1.54) is 36.0 Å². The third-order valence-electron chi connectivity index (χ3n) is 3.10.